The van der Waals surface area contributed by atoms with Gasteiger partial charge < -0.3 is 14.7 Å². The lowest BCUT2D eigenvalue weighted by atomic mass is 9.97. The van der Waals surface area contributed by atoms with Crippen LogP contribution < -0.4 is 0 Å². The lowest BCUT2D eigenvalue weighted by Crippen LogP contribution is -2.52. The van der Waals surface area contributed by atoms with Gasteiger partial charge in [0.25, 0.3) is 5.91 Å². The van der Waals surface area contributed by atoms with Crippen molar-refractivity contribution in [2.45, 2.75) is 51.2 Å². The maximum Gasteiger partial charge on any atom is 0.254 e. The van der Waals surface area contributed by atoms with E-state index in [0.29, 0.717) is 32.5 Å². The molecule has 1 unspecified atom stereocenters. The molecule has 1 amide bonds. The minimum absolute atomic E-state index is 0.0942. The Morgan fingerprint density at radius 1 is 1.32 bits per heavy atom. The highest BCUT2D eigenvalue weighted by Gasteiger charge is 2.42. The van der Waals surface area contributed by atoms with Crippen molar-refractivity contribution in [3.05, 3.63) is 34.9 Å². The fourth-order valence-electron chi connectivity index (χ4n) is 3.68. The summed E-state index contributed by atoms with van der Waals surface area (Å²) in [6, 6.07) is 6.31. The summed E-state index contributed by atoms with van der Waals surface area (Å²) in [4.78, 5) is 14.4. The maximum atomic E-state index is 12.7. The van der Waals surface area contributed by atoms with Crippen LogP contribution in [0.1, 0.15) is 48.5 Å². The number of hydrogen-bond donors (Lipinski definition) is 1. The molecule has 1 aromatic rings. The van der Waals surface area contributed by atoms with Gasteiger partial charge in [0, 0.05) is 6.54 Å². The molecule has 3 rings (SSSR count). The van der Waals surface area contributed by atoms with Gasteiger partial charge in [0.1, 0.15) is 11.7 Å². The molecular weight excluding hydrogens is 278 g/mol. The molecule has 1 aliphatic carbocycles. The van der Waals surface area contributed by atoms with E-state index in [1.54, 1.807) is 4.90 Å². The lowest BCUT2D eigenvalue weighted by molar-refractivity contribution is -0.158. The van der Waals surface area contributed by atoms with E-state index in [1.807, 2.05) is 0 Å². The number of hydrogen-bond acceptors (Lipinski definition) is 3. The molecule has 1 heterocycles. The minimum Gasteiger partial charge on any atom is -0.380 e. The van der Waals surface area contributed by atoms with Crippen LogP contribution in [0.15, 0.2) is 18.2 Å². The average molecular weight is 303 g/mol. The summed E-state index contributed by atoms with van der Waals surface area (Å²) in [5, 5.41) is 10.5. The molecule has 1 N–H and O–H groups in total. The number of aliphatic hydroxyl groups is 1. The summed E-state index contributed by atoms with van der Waals surface area (Å²) in [7, 11) is 0. The molecule has 0 aromatic heterocycles. The van der Waals surface area contributed by atoms with E-state index in [1.165, 1.54) is 11.1 Å². The maximum absolute atomic E-state index is 12.7. The molecule has 0 radical (unpaired) electrons. The van der Waals surface area contributed by atoms with E-state index in [0.717, 1.165) is 18.4 Å². The van der Waals surface area contributed by atoms with Crippen molar-refractivity contribution < 1.29 is 14.6 Å². The van der Waals surface area contributed by atoms with Crippen molar-refractivity contribution in [1.29, 1.82) is 0 Å². The topological polar surface area (TPSA) is 49.8 Å². The standard InChI is InChI=1S/C18H25NO3/c1-13-5-6-15(14(2)11-13)16-12-19(9-10-22-16)17(20)18(21)7-3-4-8-18/h5-6,11,16,21H,3-4,7-10,12H2,1-2H3. The first-order valence-electron chi connectivity index (χ1n) is 8.20. The van der Waals surface area contributed by atoms with Gasteiger partial charge in [-0.25, -0.2) is 0 Å². The highest BCUT2D eigenvalue weighted by Crippen LogP contribution is 2.33. The van der Waals surface area contributed by atoms with Crippen molar-refractivity contribution in [1.82, 2.24) is 4.90 Å². The number of ether oxygens (including phenoxy) is 1. The largest absolute Gasteiger partial charge is 0.380 e. The number of benzene rings is 1. The summed E-state index contributed by atoms with van der Waals surface area (Å²) in [5.74, 6) is -0.108. The fraction of sp³-hybridized carbons (Fsp3) is 0.611. The molecule has 120 valence electrons. The molecule has 0 spiro atoms. The molecule has 22 heavy (non-hydrogen) atoms. The van der Waals surface area contributed by atoms with Gasteiger partial charge in [0.05, 0.1) is 13.2 Å². The molecule has 1 saturated heterocycles. The zero-order valence-corrected chi connectivity index (χ0v) is 13.5. The van der Waals surface area contributed by atoms with Crippen LogP contribution in [0, 0.1) is 13.8 Å². The summed E-state index contributed by atoms with van der Waals surface area (Å²) in [6.07, 6.45) is 2.97. The van der Waals surface area contributed by atoms with Gasteiger partial charge in [-0.2, -0.15) is 0 Å². The predicted molar refractivity (Wildman–Crippen MR) is 84.6 cm³/mol. The van der Waals surface area contributed by atoms with Gasteiger partial charge in [-0.15, -0.1) is 0 Å². The summed E-state index contributed by atoms with van der Waals surface area (Å²) in [6.45, 7) is 5.79. The molecule has 1 aromatic carbocycles. The predicted octanol–water partition coefficient (Wildman–Crippen LogP) is 2.51. The zero-order valence-electron chi connectivity index (χ0n) is 13.5. The van der Waals surface area contributed by atoms with Crippen molar-refractivity contribution >= 4 is 5.91 Å². The number of morpholine rings is 1. The van der Waals surface area contributed by atoms with E-state index in [2.05, 4.69) is 32.0 Å². The highest BCUT2D eigenvalue weighted by atomic mass is 16.5. The number of carbonyl (C=O) groups excluding carboxylic acids is 1. The molecular formula is C18H25NO3. The van der Waals surface area contributed by atoms with E-state index in [9.17, 15) is 9.90 Å². The molecule has 1 aliphatic heterocycles. The van der Waals surface area contributed by atoms with Crippen molar-refractivity contribution in [2.24, 2.45) is 0 Å². The Morgan fingerprint density at radius 2 is 2.05 bits per heavy atom. The molecule has 4 heteroatoms. The number of amides is 1. The molecule has 2 aliphatic rings. The Hall–Kier alpha value is -1.39. The molecule has 4 nitrogen and oxygen atoms in total. The van der Waals surface area contributed by atoms with Crippen LogP contribution in [0.4, 0.5) is 0 Å². The smallest absolute Gasteiger partial charge is 0.254 e. The molecule has 0 bridgehead atoms. The zero-order chi connectivity index (χ0) is 15.7. The van der Waals surface area contributed by atoms with Gasteiger partial charge in [-0.1, -0.05) is 23.8 Å². The Bertz CT molecular complexity index is 563. The number of nitrogens with zero attached hydrogens (tertiary/aromatic N) is 1. The first-order chi connectivity index (χ1) is 10.5. The Kier molecular flexibility index (Phi) is 4.24. The van der Waals surface area contributed by atoms with Crippen molar-refractivity contribution in [3.8, 4) is 0 Å². The Labute approximate surface area is 132 Å². The third kappa shape index (κ3) is 2.90. The summed E-state index contributed by atoms with van der Waals surface area (Å²) >= 11 is 0. The normalized spacial score (nSPS) is 24.5. The number of aryl methyl sites for hydroxylation is 2. The van der Waals surface area contributed by atoms with Crippen molar-refractivity contribution in [2.75, 3.05) is 19.7 Å². The van der Waals surface area contributed by atoms with Crippen LogP contribution in [-0.4, -0.2) is 41.2 Å². The monoisotopic (exact) mass is 303 g/mol. The second kappa shape index (κ2) is 6.01. The average Bonchev–Trinajstić information content (AvgIpc) is 2.95. The summed E-state index contributed by atoms with van der Waals surface area (Å²) in [5.41, 5.74) is 2.43. The molecule has 2 fully saturated rings. The number of carbonyl (C=O) groups is 1. The van der Waals surface area contributed by atoms with Gasteiger partial charge in [0.2, 0.25) is 0 Å². The summed E-state index contributed by atoms with van der Waals surface area (Å²) < 4.78 is 5.89. The fourth-order valence-corrected chi connectivity index (χ4v) is 3.68. The Morgan fingerprint density at radius 3 is 2.73 bits per heavy atom. The second-order valence-electron chi connectivity index (χ2n) is 6.71. The van der Waals surface area contributed by atoms with E-state index in [-0.39, 0.29) is 12.0 Å². The first-order valence-corrected chi connectivity index (χ1v) is 8.20. The van der Waals surface area contributed by atoms with Gasteiger partial charge >= 0.3 is 0 Å². The van der Waals surface area contributed by atoms with E-state index in [4.69, 9.17) is 4.74 Å². The van der Waals surface area contributed by atoms with Crippen molar-refractivity contribution in [3.63, 3.8) is 0 Å². The quantitative estimate of drug-likeness (QED) is 0.913. The van der Waals surface area contributed by atoms with E-state index < -0.39 is 5.60 Å². The van der Waals surface area contributed by atoms with Crippen LogP contribution >= 0.6 is 0 Å². The Balaban J connectivity index is 1.75. The lowest BCUT2D eigenvalue weighted by Gasteiger charge is -2.37. The second-order valence-corrected chi connectivity index (χ2v) is 6.71. The molecule has 1 atom stereocenters. The van der Waals surface area contributed by atoms with Crippen LogP contribution in [0.5, 0.6) is 0 Å². The SMILES string of the molecule is Cc1ccc(C2CN(C(=O)C3(O)CCCC3)CCO2)c(C)c1. The number of rotatable bonds is 2. The van der Waals surface area contributed by atoms with Gasteiger partial charge in [-0.3, -0.25) is 4.79 Å². The van der Waals surface area contributed by atoms with Crippen LogP contribution in [0.25, 0.3) is 0 Å². The van der Waals surface area contributed by atoms with Gasteiger partial charge in [0.15, 0.2) is 0 Å². The minimum atomic E-state index is -1.13. The van der Waals surface area contributed by atoms with E-state index >= 15 is 0 Å². The van der Waals surface area contributed by atoms with Crippen LogP contribution in [0.2, 0.25) is 0 Å². The molecule has 1 saturated carbocycles. The highest BCUT2D eigenvalue weighted by molar-refractivity contribution is 5.85. The third-order valence-electron chi connectivity index (χ3n) is 4.95. The van der Waals surface area contributed by atoms with Crippen LogP contribution in [-0.2, 0) is 9.53 Å². The van der Waals surface area contributed by atoms with Gasteiger partial charge in [-0.05, 0) is 50.7 Å². The third-order valence-corrected chi connectivity index (χ3v) is 4.95. The first kappa shape index (κ1) is 15.5. The van der Waals surface area contributed by atoms with Crippen LogP contribution in [0.3, 0.4) is 0 Å².